The largest absolute Gasteiger partial charge is 0.368 e. The number of amides is 2. The molecule has 6 nitrogen and oxygen atoms in total. The van der Waals surface area contributed by atoms with Crippen LogP contribution in [-0.2, 0) is 4.79 Å². The number of aryl methyl sites for hydroxylation is 2. The second-order valence-electron chi connectivity index (χ2n) is 6.12. The van der Waals surface area contributed by atoms with Gasteiger partial charge in [0.25, 0.3) is 5.91 Å². The molecular formula is C18H24N4O2. The fourth-order valence-electron chi connectivity index (χ4n) is 2.60. The van der Waals surface area contributed by atoms with E-state index in [2.05, 4.69) is 10.4 Å². The standard InChI is InChI=1S/C18H24N4O2/c1-5-11(2)16(17(19)23)20-18(24)14-6-8-15(9-7-14)22-13(4)10-12(3)21-22/h6-11,16H,5H2,1-4H3,(H2,19,23)(H,20,24). The summed E-state index contributed by atoms with van der Waals surface area (Å²) in [4.78, 5) is 23.9. The molecule has 1 heterocycles. The van der Waals surface area contributed by atoms with Crippen LogP contribution in [0.5, 0.6) is 0 Å². The maximum Gasteiger partial charge on any atom is 0.251 e. The molecule has 0 radical (unpaired) electrons. The van der Waals surface area contributed by atoms with Gasteiger partial charge in [0.1, 0.15) is 6.04 Å². The highest BCUT2D eigenvalue weighted by molar-refractivity contribution is 5.97. The second-order valence-corrected chi connectivity index (χ2v) is 6.12. The van der Waals surface area contributed by atoms with E-state index in [0.29, 0.717) is 5.56 Å². The lowest BCUT2D eigenvalue weighted by molar-refractivity contribution is -0.120. The van der Waals surface area contributed by atoms with Crippen LogP contribution >= 0.6 is 0 Å². The number of nitrogens with zero attached hydrogens (tertiary/aromatic N) is 2. The summed E-state index contributed by atoms with van der Waals surface area (Å²) in [7, 11) is 0. The van der Waals surface area contributed by atoms with E-state index in [1.54, 1.807) is 12.1 Å². The third-order valence-corrected chi connectivity index (χ3v) is 4.19. The van der Waals surface area contributed by atoms with Crippen LogP contribution in [0.4, 0.5) is 0 Å². The van der Waals surface area contributed by atoms with Gasteiger partial charge in [-0.05, 0) is 50.1 Å². The summed E-state index contributed by atoms with van der Waals surface area (Å²) in [5.74, 6) is -0.837. The molecule has 0 spiro atoms. The summed E-state index contributed by atoms with van der Waals surface area (Å²) in [5.41, 5.74) is 8.72. The van der Waals surface area contributed by atoms with Crippen molar-refractivity contribution in [1.29, 1.82) is 0 Å². The Morgan fingerprint density at radius 1 is 1.25 bits per heavy atom. The first kappa shape index (κ1) is 17.7. The number of aromatic nitrogens is 2. The fraction of sp³-hybridized carbons (Fsp3) is 0.389. The van der Waals surface area contributed by atoms with Gasteiger partial charge in [0.2, 0.25) is 5.91 Å². The predicted molar refractivity (Wildman–Crippen MR) is 92.9 cm³/mol. The van der Waals surface area contributed by atoms with Crippen LogP contribution in [0.15, 0.2) is 30.3 Å². The van der Waals surface area contributed by atoms with Crippen molar-refractivity contribution in [2.45, 2.75) is 40.2 Å². The van der Waals surface area contributed by atoms with Crippen molar-refractivity contribution in [1.82, 2.24) is 15.1 Å². The van der Waals surface area contributed by atoms with Gasteiger partial charge in [-0.1, -0.05) is 20.3 Å². The molecule has 128 valence electrons. The third-order valence-electron chi connectivity index (χ3n) is 4.19. The number of carbonyl (C=O) groups is 2. The molecule has 2 aromatic rings. The third kappa shape index (κ3) is 3.82. The lowest BCUT2D eigenvalue weighted by atomic mass is 9.98. The minimum atomic E-state index is -0.668. The molecular weight excluding hydrogens is 304 g/mol. The molecule has 2 atom stereocenters. The molecule has 0 aliphatic heterocycles. The van der Waals surface area contributed by atoms with Gasteiger partial charge in [-0.15, -0.1) is 0 Å². The topological polar surface area (TPSA) is 90.0 Å². The molecule has 1 aromatic carbocycles. The van der Waals surface area contributed by atoms with Gasteiger partial charge in [0, 0.05) is 11.3 Å². The molecule has 1 aromatic heterocycles. The molecule has 2 amide bonds. The summed E-state index contributed by atoms with van der Waals surface area (Å²) < 4.78 is 1.82. The summed E-state index contributed by atoms with van der Waals surface area (Å²) >= 11 is 0. The van der Waals surface area contributed by atoms with Crippen molar-refractivity contribution >= 4 is 11.8 Å². The second kappa shape index (κ2) is 7.29. The summed E-state index contributed by atoms with van der Waals surface area (Å²) in [6, 6.07) is 8.42. The Balaban J connectivity index is 2.16. The van der Waals surface area contributed by atoms with E-state index in [4.69, 9.17) is 5.73 Å². The maximum atomic E-state index is 12.4. The molecule has 6 heteroatoms. The summed E-state index contributed by atoms with van der Waals surface area (Å²) in [6.07, 6.45) is 0.755. The predicted octanol–water partition coefficient (Wildman–Crippen LogP) is 2.12. The Morgan fingerprint density at radius 2 is 1.88 bits per heavy atom. The zero-order valence-corrected chi connectivity index (χ0v) is 14.5. The fourth-order valence-corrected chi connectivity index (χ4v) is 2.60. The number of carbonyl (C=O) groups excluding carboxylic acids is 2. The normalized spacial score (nSPS) is 13.3. The van der Waals surface area contributed by atoms with Crippen molar-refractivity contribution in [3.63, 3.8) is 0 Å². The molecule has 0 bridgehead atoms. The Kier molecular flexibility index (Phi) is 5.39. The molecule has 3 N–H and O–H groups in total. The van der Waals surface area contributed by atoms with E-state index in [1.165, 1.54) is 0 Å². The average Bonchev–Trinajstić information content (AvgIpc) is 2.90. The van der Waals surface area contributed by atoms with Crippen molar-refractivity contribution < 1.29 is 9.59 Å². The summed E-state index contributed by atoms with van der Waals surface area (Å²) in [6.45, 7) is 7.76. The number of primary amides is 1. The van der Waals surface area contributed by atoms with Gasteiger partial charge >= 0.3 is 0 Å². The van der Waals surface area contributed by atoms with Crippen molar-refractivity contribution in [2.75, 3.05) is 0 Å². The van der Waals surface area contributed by atoms with Crippen LogP contribution in [0.1, 0.15) is 42.0 Å². The minimum Gasteiger partial charge on any atom is -0.368 e. The van der Waals surface area contributed by atoms with Crippen molar-refractivity contribution in [3.05, 3.63) is 47.3 Å². The van der Waals surface area contributed by atoms with Gasteiger partial charge < -0.3 is 11.1 Å². The highest BCUT2D eigenvalue weighted by Gasteiger charge is 2.24. The number of nitrogens with two attached hydrogens (primary N) is 1. The lowest BCUT2D eigenvalue weighted by Crippen LogP contribution is -2.48. The van der Waals surface area contributed by atoms with E-state index in [-0.39, 0.29) is 11.8 Å². The Labute approximate surface area is 142 Å². The number of benzene rings is 1. The van der Waals surface area contributed by atoms with E-state index in [0.717, 1.165) is 23.5 Å². The van der Waals surface area contributed by atoms with Crippen LogP contribution in [0.3, 0.4) is 0 Å². The number of hydrogen-bond acceptors (Lipinski definition) is 3. The zero-order valence-electron chi connectivity index (χ0n) is 14.5. The van der Waals surface area contributed by atoms with Crippen LogP contribution in [-0.4, -0.2) is 27.6 Å². The van der Waals surface area contributed by atoms with E-state index in [1.807, 2.05) is 50.6 Å². The van der Waals surface area contributed by atoms with Gasteiger partial charge in [-0.2, -0.15) is 5.10 Å². The van der Waals surface area contributed by atoms with Gasteiger partial charge in [0.15, 0.2) is 0 Å². The smallest absolute Gasteiger partial charge is 0.251 e. The van der Waals surface area contributed by atoms with Crippen LogP contribution in [0.2, 0.25) is 0 Å². The first-order chi connectivity index (χ1) is 11.3. The summed E-state index contributed by atoms with van der Waals surface area (Å²) in [5, 5.41) is 7.14. The minimum absolute atomic E-state index is 0.0135. The molecule has 0 saturated carbocycles. The highest BCUT2D eigenvalue weighted by Crippen LogP contribution is 2.14. The maximum absolute atomic E-state index is 12.4. The van der Waals surface area contributed by atoms with Gasteiger partial charge in [-0.3, -0.25) is 9.59 Å². The van der Waals surface area contributed by atoms with Crippen molar-refractivity contribution in [2.24, 2.45) is 11.7 Å². The molecule has 0 aliphatic rings. The molecule has 0 saturated heterocycles. The lowest BCUT2D eigenvalue weighted by Gasteiger charge is -2.21. The van der Waals surface area contributed by atoms with Gasteiger partial charge in [0.05, 0.1) is 11.4 Å². The first-order valence-electron chi connectivity index (χ1n) is 8.07. The monoisotopic (exact) mass is 328 g/mol. The Morgan fingerprint density at radius 3 is 2.33 bits per heavy atom. The zero-order chi connectivity index (χ0) is 17.9. The quantitative estimate of drug-likeness (QED) is 0.851. The van der Waals surface area contributed by atoms with Crippen LogP contribution < -0.4 is 11.1 Å². The van der Waals surface area contributed by atoms with Crippen LogP contribution in [0.25, 0.3) is 5.69 Å². The molecule has 2 rings (SSSR count). The van der Waals surface area contributed by atoms with E-state index >= 15 is 0 Å². The molecule has 24 heavy (non-hydrogen) atoms. The number of nitrogens with one attached hydrogen (secondary N) is 1. The molecule has 0 aliphatic carbocycles. The molecule has 2 unspecified atom stereocenters. The van der Waals surface area contributed by atoms with E-state index in [9.17, 15) is 9.59 Å². The van der Waals surface area contributed by atoms with E-state index < -0.39 is 11.9 Å². The van der Waals surface area contributed by atoms with Crippen molar-refractivity contribution in [3.8, 4) is 5.69 Å². The Bertz CT molecular complexity index is 734. The highest BCUT2D eigenvalue weighted by atomic mass is 16.2. The molecule has 0 fully saturated rings. The number of hydrogen-bond donors (Lipinski definition) is 2. The average molecular weight is 328 g/mol. The van der Waals surface area contributed by atoms with Gasteiger partial charge in [-0.25, -0.2) is 4.68 Å². The Hall–Kier alpha value is -2.63. The van der Waals surface area contributed by atoms with Crippen LogP contribution in [0, 0.1) is 19.8 Å². The SMILES string of the molecule is CCC(C)C(NC(=O)c1ccc(-n2nc(C)cc2C)cc1)C(N)=O. The number of rotatable bonds is 6. The first-order valence-corrected chi connectivity index (χ1v) is 8.07.